The summed E-state index contributed by atoms with van der Waals surface area (Å²) in [4.78, 5) is 12.6. The van der Waals surface area contributed by atoms with Crippen LogP contribution in [0.2, 0.25) is 0 Å². The third-order valence-corrected chi connectivity index (χ3v) is 5.50. The Morgan fingerprint density at radius 3 is 2.59 bits per heavy atom. The highest BCUT2D eigenvalue weighted by Crippen LogP contribution is 2.29. The summed E-state index contributed by atoms with van der Waals surface area (Å²) in [5, 5.41) is 0.516. The zero-order valence-corrected chi connectivity index (χ0v) is 16.0. The second kappa shape index (κ2) is 7.84. The van der Waals surface area contributed by atoms with Gasteiger partial charge < -0.3 is 9.15 Å². The van der Waals surface area contributed by atoms with Crippen molar-refractivity contribution in [2.45, 2.75) is 31.6 Å². The summed E-state index contributed by atoms with van der Waals surface area (Å²) in [5.41, 5.74) is 1.16. The topological polar surface area (TPSA) is 85.6 Å². The van der Waals surface area contributed by atoms with Crippen LogP contribution in [0.3, 0.4) is 0 Å². The summed E-state index contributed by atoms with van der Waals surface area (Å²) in [6.45, 7) is 4.03. The summed E-state index contributed by atoms with van der Waals surface area (Å²) < 4.78 is 38.5. The van der Waals surface area contributed by atoms with Gasteiger partial charge in [0.25, 0.3) is 10.0 Å². The Morgan fingerprint density at radius 2 is 1.89 bits per heavy atom. The van der Waals surface area contributed by atoms with Gasteiger partial charge in [0.1, 0.15) is 16.9 Å². The van der Waals surface area contributed by atoms with Crippen LogP contribution in [0.1, 0.15) is 35.9 Å². The van der Waals surface area contributed by atoms with Gasteiger partial charge in [-0.3, -0.25) is 4.72 Å². The molecule has 1 N–H and O–H groups in total. The number of carbonyl (C=O) groups excluding carboxylic acids is 1. The molecule has 0 saturated carbocycles. The predicted octanol–water partition coefficient (Wildman–Crippen LogP) is 4.50. The molecule has 0 amide bonds. The van der Waals surface area contributed by atoms with Crippen molar-refractivity contribution in [3.05, 3.63) is 59.9 Å². The number of rotatable bonds is 7. The van der Waals surface area contributed by atoms with E-state index in [9.17, 15) is 13.2 Å². The first-order valence-corrected chi connectivity index (χ1v) is 10.2. The van der Waals surface area contributed by atoms with Gasteiger partial charge in [0.05, 0.1) is 11.5 Å². The number of hydrogen-bond acceptors (Lipinski definition) is 5. The highest BCUT2D eigenvalue weighted by atomic mass is 32.2. The van der Waals surface area contributed by atoms with Gasteiger partial charge in [0.15, 0.2) is 0 Å². The maximum atomic E-state index is 12.5. The first kappa shape index (κ1) is 19.0. The van der Waals surface area contributed by atoms with E-state index in [1.807, 2.05) is 6.92 Å². The lowest BCUT2D eigenvalue weighted by Gasteiger charge is -2.08. The summed E-state index contributed by atoms with van der Waals surface area (Å²) in [5.74, 6) is -0.0302. The Hall–Kier alpha value is -2.80. The Morgan fingerprint density at radius 1 is 1.15 bits per heavy atom. The average molecular weight is 387 g/mol. The van der Waals surface area contributed by atoms with Crippen LogP contribution in [0.15, 0.2) is 57.8 Å². The van der Waals surface area contributed by atoms with Crippen LogP contribution in [0.25, 0.3) is 11.0 Å². The molecule has 0 bridgehead atoms. The van der Waals surface area contributed by atoms with Gasteiger partial charge in [-0.05, 0) is 43.7 Å². The van der Waals surface area contributed by atoms with Crippen molar-refractivity contribution in [3.8, 4) is 0 Å². The standard InChI is InChI=1S/C20H21NO5S/c1-3-4-12-25-20(22)19-14(2)26-18-11-10-15(13-17(18)19)21-27(23,24)16-8-6-5-7-9-16/h5-11,13,21H,3-4,12H2,1-2H3. The van der Waals surface area contributed by atoms with Crippen LogP contribution in [0, 0.1) is 6.92 Å². The molecular weight excluding hydrogens is 366 g/mol. The van der Waals surface area contributed by atoms with Crippen molar-refractivity contribution < 1.29 is 22.4 Å². The number of anilines is 1. The predicted molar refractivity (Wildman–Crippen MR) is 103 cm³/mol. The molecule has 2 aromatic carbocycles. The van der Waals surface area contributed by atoms with E-state index in [2.05, 4.69) is 4.72 Å². The van der Waals surface area contributed by atoms with E-state index in [4.69, 9.17) is 9.15 Å². The average Bonchev–Trinajstić information content (AvgIpc) is 2.97. The molecule has 0 aliphatic rings. The number of esters is 1. The van der Waals surface area contributed by atoms with Crippen molar-refractivity contribution in [2.75, 3.05) is 11.3 Å². The number of ether oxygens (including phenoxy) is 1. The molecule has 0 radical (unpaired) electrons. The largest absolute Gasteiger partial charge is 0.462 e. The Balaban J connectivity index is 1.93. The van der Waals surface area contributed by atoms with E-state index in [0.717, 1.165) is 12.8 Å². The minimum Gasteiger partial charge on any atom is -0.462 e. The number of benzene rings is 2. The summed E-state index contributed by atoms with van der Waals surface area (Å²) >= 11 is 0. The molecule has 0 saturated heterocycles. The van der Waals surface area contributed by atoms with Gasteiger partial charge >= 0.3 is 5.97 Å². The third kappa shape index (κ3) is 4.14. The zero-order valence-electron chi connectivity index (χ0n) is 15.2. The molecule has 6 nitrogen and oxygen atoms in total. The quantitative estimate of drug-likeness (QED) is 0.476. The first-order valence-electron chi connectivity index (χ1n) is 8.70. The van der Waals surface area contributed by atoms with Gasteiger partial charge in [0, 0.05) is 11.1 Å². The van der Waals surface area contributed by atoms with Crippen LogP contribution < -0.4 is 4.72 Å². The fourth-order valence-corrected chi connectivity index (χ4v) is 3.80. The highest BCUT2D eigenvalue weighted by molar-refractivity contribution is 7.92. The van der Waals surface area contributed by atoms with Crippen LogP contribution >= 0.6 is 0 Å². The van der Waals surface area contributed by atoms with E-state index in [-0.39, 0.29) is 4.90 Å². The minimum atomic E-state index is -3.72. The Kier molecular flexibility index (Phi) is 5.51. The van der Waals surface area contributed by atoms with Crippen LogP contribution in [0.4, 0.5) is 5.69 Å². The lowest BCUT2D eigenvalue weighted by Crippen LogP contribution is -2.12. The molecule has 0 unspecified atom stereocenters. The zero-order chi connectivity index (χ0) is 19.4. The fourth-order valence-electron chi connectivity index (χ4n) is 2.73. The lowest BCUT2D eigenvalue weighted by molar-refractivity contribution is 0.0500. The molecule has 0 aliphatic heterocycles. The van der Waals surface area contributed by atoms with Gasteiger partial charge in [-0.2, -0.15) is 0 Å². The van der Waals surface area contributed by atoms with E-state index in [1.165, 1.54) is 12.1 Å². The van der Waals surface area contributed by atoms with E-state index in [1.54, 1.807) is 43.3 Å². The molecule has 142 valence electrons. The summed E-state index contributed by atoms with van der Waals surface area (Å²) in [6, 6.07) is 12.9. The van der Waals surface area contributed by atoms with E-state index < -0.39 is 16.0 Å². The van der Waals surface area contributed by atoms with Gasteiger partial charge in [0.2, 0.25) is 0 Å². The summed E-state index contributed by atoms with van der Waals surface area (Å²) in [6.07, 6.45) is 1.70. The molecule has 3 rings (SSSR count). The van der Waals surface area contributed by atoms with Crippen molar-refractivity contribution >= 4 is 32.6 Å². The van der Waals surface area contributed by atoms with E-state index >= 15 is 0 Å². The van der Waals surface area contributed by atoms with Crippen LogP contribution in [0.5, 0.6) is 0 Å². The second-order valence-corrected chi connectivity index (χ2v) is 7.83. The van der Waals surface area contributed by atoms with Crippen molar-refractivity contribution in [3.63, 3.8) is 0 Å². The number of hydrogen-bond donors (Lipinski definition) is 1. The molecule has 3 aromatic rings. The van der Waals surface area contributed by atoms with Crippen molar-refractivity contribution in [1.29, 1.82) is 0 Å². The fraction of sp³-hybridized carbons (Fsp3) is 0.250. The lowest BCUT2D eigenvalue weighted by atomic mass is 10.1. The first-order chi connectivity index (χ1) is 12.9. The molecular formula is C20H21NO5S. The molecule has 0 aliphatic carbocycles. The number of sulfonamides is 1. The molecule has 7 heteroatoms. The number of furan rings is 1. The van der Waals surface area contributed by atoms with Gasteiger partial charge in [-0.25, -0.2) is 13.2 Å². The summed E-state index contributed by atoms with van der Waals surface area (Å²) in [7, 11) is -3.72. The smallest absolute Gasteiger partial charge is 0.342 e. The van der Waals surface area contributed by atoms with E-state index in [0.29, 0.717) is 34.6 Å². The van der Waals surface area contributed by atoms with Crippen LogP contribution in [-0.4, -0.2) is 21.0 Å². The number of fused-ring (bicyclic) bond motifs is 1. The van der Waals surface area contributed by atoms with Gasteiger partial charge in [-0.1, -0.05) is 31.5 Å². The van der Waals surface area contributed by atoms with Gasteiger partial charge in [-0.15, -0.1) is 0 Å². The number of carbonyl (C=O) groups is 1. The second-order valence-electron chi connectivity index (χ2n) is 6.15. The Labute approximate surface area is 158 Å². The minimum absolute atomic E-state index is 0.160. The monoisotopic (exact) mass is 387 g/mol. The third-order valence-electron chi connectivity index (χ3n) is 4.10. The molecule has 1 aromatic heterocycles. The SMILES string of the molecule is CCCCOC(=O)c1c(C)oc2ccc(NS(=O)(=O)c3ccccc3)cc12. The van der Waals surface area contributed by atoms with Crippen molar-refractivity contribution in [1.82, 2.24) is 0 Å². The number of nitrogens with one attached hydrogen (secondary N) is 1. The van der Waals surface area contributed by atoms with Crippen molar-refractivity contribution in [2.24, 2.45) is 0 Å². The molecule has 0 fully saturated rings. The molecule has 0 spiro atoms. The molecule has 27 heavy (non-hydrogen) atoms. The molecule has 0 atom stereocenters. The number of unbranched alkanes of at least 4 members (excludes halogenated alkanes) is 1. The maximum absolute atomic E-state index is 12.5. The molecule has 1 heterocycles. The maximum Gasteiger partial charge on any atom is 0.342 e. The normalized spacial score (nSPS) is 11.5. The highest BCUT2D eigenvalue weighted by Gasteiger charge is 2.21. The Bertz CT molecular complexity index is 1050. The number of aryl methyl sites for hydroxylation is 1. The van der Waals surface area contributed by atoms with Crippen LogP contribution in [-0.2, 0) is 14.8 Å².